The second-order valence-corrected chi connectivity index (χ2v) is 9.16. The molecular formula is C35H23N. The average Bonchev–Trinajstić information content (AvgIpc) is 2.96. The zero-order chi connectivity index (χ0) is 23.9. The van der Waals surface area contributed by atoms with Crippen molar-refractivity contribution in [2.24, 2.45) is 0 Å². The third-order valence-electron chi connectivity index (χ3n) is 7.13. The Hall–Kier alpha value is -4.75. The summed E-state index contributed by atoms with van der Waals surface area (Å²) in [5, 5.41) is 6.22. The number of fused-ring (bicyclic) bond motifs is 3. The van der Waals surface area contributed by atoms with Crippen LogP contribution in [0.15, 0.2) is 140 Å². The molecule has 1 nitrogen and oxygen atoms in total. The molecule has 0 saturated carbocycles. The Bertz CT molecular complexity index is 1800. The number of aromatic nitrogens is 1. The number of hydrogen-bond donors (Lipinski definition) is 0. The van der Waals surface area contributed by atoms with Crippen LogP contribution in [0.4, 0.5) is 0 Å². The lowest BCUT2D eigenvalue weighted by Gasteiger charge is -2.18. The predicted molar refractivity (Wildman–Crippen MR) is 153 cm³/mol. The number of rotatable bonds is 3. The van der Waals surface area contributed by atoms with E-state index < -0.39 is 0 Å². The number of pyridine rings is 1. The van der Waals surface area contributed by atoms with Gasteiger partial charge in [-0.15, -0.1) is 0 Å². The summed E-state index contributed by atoms with van der Waals surface area (Å²) >= 11 is 0. The molecule has 0 unspecified atom stereocenters. The maximum atomic E-state index is 4.63. The van der Waals surface area contributed by atoms with E-state index in [2.05, 4.69) is 138 Å². The summed E-state index contributed by atoms with van der Waals surface area (Å²) in [7, 11) is 0. The lowest BCUT2D eigenvalue weighted by molar-refractivity contribution is 1.41. The lowest BCUT2D eigenvalue weighted by Crippen LogP contribution is -1.92. The van der Waals surface area contributed by atoms with Gasteiger partial charge in [0, 0.05) is 11.6 Å². The van der Waals surface area contributed by atoms with Gasteiger partial charge in [-0.1, -0.05) is 121 Å². The van der Waals surface area contributed by atoms with Gasteiger partial charge in [0.05, 0.1) is 5.52 Å². The number of nitrogens with zero attached hydrogens (tertiary/aromatic N) is 1. The molecule has 1 heteroatoms. The summed E-state index contributed by atoms with van der Waals surface area (Å²) in [5.74, 6) is 0. The minimum Gasteiger partial charge on any atom is -0.256 e. The molecule has 0 aliphatic rings. The van der Waals surface area contributed by atoms with Crippen molar-refractivity contribution in [1.29, 1.82) is 0 Å². The Morgan fingerprint density at radius 2 is 0.806 bits per heavy atom. The smallest absolute Gasteiger partial charge is 0.0708 e. The van der Waals surface area contributed by atoms with Crippen LogP contribution < -0.4 is 0 Å². The molecule has 0 radical (unpaired) electrons. The fourth-order valence-electron chi connectivity index (χ4n) is 5.50. The summed E-state index contributed by atoms with van der Waals surface area (Å²) in [6.07, 6.45) is 1.93. The topological polar surface area (TPSA) is 12.9 Å². The van der Waals surface area contributed by atoms with E-state index in [1.165, 1.54) is 60.3 Å². The SMILES string of the molecule is c1ccc(-c2ccc(-c3c4ccccc4c(-c4ccnc5ccccc45)c4ccccc34)cc2)cc1. The maximum absolute atomic E-state index is 4.63. The highest BCUT2D eigenvalue weighted by molar-refractivity contribution is 6.23. The van der Waals surface area contributed by atoms with Crippen LogP contribution in [-0.2, 0) is 0 Å². The van der Waals surface area contributed by atoms with Gasteiger partial charge in [0.15, 0.2) is 0 Å². The quantitative estimate of drug-likeness (QED) is 0.241. The molecule has 0 atom stereocenters. The molecular weight excluding hydrogens is 434 g/mol. The van der Waals surface area contributed by atoms with Crippen LogP contribution in [0.2, 0.25) is 0 Å². The van der Waals surface area contributed by atoms with Gasteiger partial charge in [-0.3, -0.25) is 4.98 Å². The first-order valence-electron chi connectivity index (χ1n) is 12.3. The predicted octanol–water partition coefficient (Wildman–Crippen LogP) is 9.54. The number of para-hydroxylation sites is 1. The molecule has 0 saturated heterocycles. The number of hydrogen-bond acceptors (Lipinski definition) is 1. The normalized spacial score (nSPS) is 11.3. The molecule has 6 aromatic carbocycles. The molecule has 1 heterocycles. The van der Waals surface area contributed by atoms with E-state index in [1.54, 1.807) is 0 Å². The molecule has 1 aromatic heterocycles. The van der Waals surface area contributed by atoms with E-state index in [0.29, 0.717) is 0 Å². The second kappa shape index (κ2) is 8.48. The van der Waals surface area contributed by atoms with Gasteiger partial charge in [-0.2, -0.15) is 0 Å². The fraction of sp³-hybridized carbons (Fsp3) is 0. The molecule has 0 amide bonds. The summed E-state index contributed by atoms with van der Waals surface area (Å²) < 4.78 is 0. The minimum absolute atomic E-state index is 1.02. The van der Waals surface area contributed by atoms with Crippen molar-refractivity contribution in [2.75, 3.05) is 0 Å². The zero-order valence-corrected chi connectivity index (χ0v) is 19.7. The minimum atomic E-state index is 1.02. The first-order chi connectivity index (χ1) is 17.9. The van der Waals surface area contributed by atoms with Crippen LogP contribution in [0.1, 0.15) is 0 Å². The molecule has 0 spiro atoms. The van der Waals surface area contributed by atoms with Crippen molar-refractivity contribution >= 4 is 32.4 Å². The largest absolute Gasteiger partial charge is 0.256 e. The van der Waals surface area contributed by atoms with E-state index >= 15 is 0 Å². The summed E-state index contributed by atoms with van der Waals surface area (Å²) in [6.45, 7) is 0. The molecule has 0 fully saturated rings. The molecule has 0 N–H and O–H groups in total. The van der Waals surface area contributed by atoms with Gasteiger partial charge in [-0.25, -0.2) is 0 Å². The third-order valence-corrected chi connectivity index (χ3v) is 7.13. The van der Waals surface area contributed by atoms with Crippen molar-refractivity contribution in [3.05, 3.63) is 140 Å². The monoisotopic (exact) mass is 457 g/mol. The van der Waals surface area contributed by atoms with E-state index in [9.17, 15) is 0 Å². The van der Waals surface area contributed by atoms with E-state index in [0.717, 1.165) is 5.52 Å². The molecule has 0 aliphatic heterocycles. The zero-order valence-electron chi connectivity index (χ0n) is 19.7. The van der Waals surface area contributed by atoms with Gasteiger partial charge < -0.3 is 0 Å². The maximum Gasteiger partial charge on any atom is 0.0708 e. The van der Waals surface area contributed by atoms with Crippen LogP contribution in [0.3, 0.4) is 0 Å². The van der Waals surface area contributed by atoms with Gasteiger partial charge in [0.25, 0.3) is 0 Å². The third kappa shape index (κ3) is 3.29. The molecule has 0 bridgehead atoms. The molecule has 7 aromatic rings. The van der Waals surface area contributed by atoms with Crippen molar-refractivity contribution in [1.82, 2.24) is 4.98 Å². The van der Waals surface area contributed by atoms with Crippen molar-refractivity contribution in [3.8, 4) is 33.4 Å². The molecule has 36 heavy (non-hydrogen) atoms. The van der Waals surface area contributed by atoms with Crippen LogP contribution in [0.5, 0.6) is 0 Å². The van der Waals surface area contributed by atoms with Gasteiger partial charge in [0.1, 0.15) is 0 Å². The van der Waals surface area contributed by atoms with Crippen LogP contribution >= 0.6 is 0 Å². The van der Waals surface area contributed by atoms with Gasteiger partial charge >= 0.3 is 0 Å². The Labute approximate surface area is 210 Å². The Morgan fingerprint density at radius 1 is 0.333 bits per heavy atom. The Kier molecular flexibility index (Phi) is 4.85. The molecule has 168 valence electrons. The first kappa shape index (κ1) is 20.6. The molecule has 0 aliphatic carbocycles. The lowest BCUT2D eigenvalue weighted by atomic mass is 9.85. The second-order valence-electron chi connectivity index (χ2n) is 9.16. The van der Waals surface area contributed by atoms with Crippen LogP contribution in [0, 0.1) is 0 Å². The number of benzene rings is 6. The molecule has 7 rings (SSSR count). The van der Waals surface area contributed by atoms with Gasteiger partial charge in [0.2, 0.25) is 0 Å². The summed E-state index contributed by atoms with van der Waals surface area (Å²) in [4.78, 5) is 4.63. The highest BCUT2D eigenvalue weighted by Crippen LogP contribution is 2.45. The van der Waals surface area contributed by atoms with Crippen LogP contribution in [0.25, 0.3) is 65.8 Å². The Balaban J connectivity index is 1.54. The van der Waals surface area contributed by atoms with Crippen molar-refractivity contribution in [3.63, 3.8) is 0 Å². The van der Waals surface area contributed by atoms with E-state index in [1.807, 2.05) is 6.20 Å². The summed E-state index contributed by atoms with van der Waals surface area (Å²) in [5.41, 5.74) is 8.48. The highest BCUT2D eigenvalue weighted by Gasteiger charge is 2.17. The first-order valence-corrected chi connectivity index (χ1v) is 12.3. The fourth-order valence-corrected chi connectivity index (χ4v) is 5.50. The van der Waals surface area contributed by atoms with Crippen LogP contribution in [-0.4, -0.2) is 4.98 Å². The van der Waals surface area contributed by atoms with E-state index in [4.69, 9.17) is 0 Å². The standard InChI is InChI=1S/C35H23N/c1-2-10-24(11-3-1)25-18-20-26(21-19-25)34-28-13-4-6-15-30(28)35(31-16-7-5-14-29(31)34)32-22-23-36-33-17-9-8-12-27(32)33/h1-23H. The average molecular weight is 458 g/mol. The van der Waals surface area contributed by atoms with E-state index in [-0.39, 0.29) is 0 Å². The van der Waals surface area contributed by atoms with Gasteiger partial charge in [-0.05, 0) is 67.1 Å². The summed E-state index contributed by atoms with van der Waals surface area (Å²) in [6, 6.07) is 47.7. The highest BCUT2D eigenvalue weighted by atomic mass is 14.6. The Morgan fingerprint density at radius 3 is 1.44 bits per heavy atom. The van der Waals surface area contributed by atoms with Crippen molar-refractivity contribution in [2.45, 2.75) is 0 Å². The van der Waals surface area contributed by atoms with Crippen molar-refractivity contribution < 1.29 is 0 Å².